The Morgan fingerprint density at radius 3 is 2.76 bits per heavy atom. The van der Waals surface area contributed by atoms with Crippen molar-refractivity contribution in [2.24, 2.45) is 0 Å². The van der Waals surface area contributed by atoms with Gasteiger partial charge in [0.05, 0.1) is 25.1 Å². The van der Waals surface area contributed by atoms with Crippen LogP contribution in [0.15, 0.2) is 6.33 Å². The Labute approximate surface area is 194 Å². The van der Waals surface area contributed by atoms with Gasteiger partial charge in [-0.05, 0) is 33.1 Å². The summed E-state index contributed by atoms with van der Waals surface area (Å²) in [5.41, 5.74) is 1.32. The van der Waals surface area contributed by atoms with Gasteiger partial charge in [0.2, 0.25) is 5.95 Å². The molecule has 2 fully saturated rings. The minimum absolute atomic E-state index is 0.113. The molecule has 0 spiro atoms. The number of anilines is 2. The molecule has 4 rings (SSSR count). The van der Waals surface area contributed by atoms with Crippen molar-refractivity contribution in [2.45, 2.75) is 70.8 Å². The van der Waals surface area contributed by atoms with Crippen molar-refractivity contribution < 1.29 is 18.3 Å². The van der Waals surface area contributed by atoms with E-state index in [1.54, 1.807) is 13.3 Å². The maximum Gasteiger partial charge on any atom is 0.279 e. The van der Waals surface area contributed by atoms with Gasteiger partial charge in [-0.25, -0.2) is 4.98 Å². The Hall–Kier alpha value is -2.06. The molecular formula is C20H34N8O4S. The minimum atomic E-state index is -3.58. The van der Waals surface area contributed by atoms with Gasteiger partial charge in [0.25, 0.3) is 10.2 Å². The highest BCUT2D eigenvalue weighted by atomic mass is 32.2. The smallest absolute Gasteiger partial charge is 0.279 e. The molecule has 4 N–H and O–H groups in total. The first-order valence-corrected chi connectivity index (χ1v) is 13.0. The predicted molar refractivity (Wildman–Crippen MR) is 125 cm³/mol. The van der Waals surface area contributed by atoms with Crippen molar-refractivity contribution in [1.82, 2.24) is 28.5 Å². The number of nitrogens with one attached hydrogen (secondary N) is 3. The lowest BCUT2D eigenvalue weighted by Gasteiger charge is -2.21. The van der Waals surface area contributed by atoms with Gasteiger partial charge in [-0.15, -0.1) is 0 Å². The summed E-state index contributed by atoms with van der Waals surface area (Å²) < 4.78 is 36.9. The van der Waals surface area contributed by atoms with Crippen molar-refractivity contribution in [3.05, 3.63) is 6.33 Å². The van der Waals surface area contributed by atoms with E-state index in [0.29, 0.717) is 75.0 Å². The zero-order valence-corrected chi connectivity index (χ0v) is 20.2. The van der Waals surface area contributed by atoms with E-state index >= 15 is 0 Å². The molecular weight excluding hydrogens is 448 g/mol. The van der Waals surface area contributed by atoms with Crippen LogP contribution in [0, 0.1) is 0 Å². The zero-order valence-electron chi connectivity index (χ0n) is 19.4. The number of nitrogens with zero attached hydrogens (tertiary/aromatic N) is 5. The molecule has 13 heteroatoms. The average molecular weight is 483 g/mol. The van der Waals surface area contributed by atoms with Gasteiger partial charge in [0.15, 0.2) is 17.0 Å². The average Bonchev–Trinajstić information content (AvgIpc) is 3.52. The molecule has 184 valence electrons. The first kappa shape index (κ1) is 24.1. The van der Waals surface area contributed by atoms with E-state index in [1.807, 2.05) is 18.4 Å². The molecule has 0 aromatic carbocycles. The number of aliphatic hydroxyl groups excluding tert-OH is 1. The van der Waals surface area contributed by atoms with Crippen LogP contribution < -0.4 is 15.4 Å². The summed E-state index contributed by atoms with van der Waals surface area (Å²) in [4.78, 5) is 13.7. The number of hydrogen-bond donors (Lipinski definition) is 4. The van der Waals surface area contributed by atoms with Gasteiger partial charge in [-0.2, -0.15) is 27.4 Å². The predicted octanol–water partition coefficient (Wildman–Crippen LogP) is 0.527. The number of rotatable bonds is 10. The van der Waals surface area contributed by atoms with Crippen molar-refractivity contribution in [2.75, 3.05) is 36.9 Å². The molecule has 0 aliphatic carbocycles. The number of fused-ring (bicyclic) bond motifs is 1. The maximum absolute atomic E-state index is 12.8. The second kappa shape index (κ2) is 10.1. The fourth-order valence-electron chi connectivity index (χ4n) is 4.24. The highest BCUT2D eigenvalue weighted by molar-refractivity contribution is 7.87. The second-order valence-electron chi connectivity index (χ2n) is 8.67. The van der Waals surface area contributed by atoms with Crippen molar-refractivity contribution in [3.8, 4) is 0 Å². The summed E-state index contributed by atoms with van der Waals surface area (Å²) in [6.07, 6.45) is 3.21. The van der Waals surface area contributed by atoms with Crippen LogP contribution in [0.3, 0.4) is 0 Å². The van der Waals surface area contributed by atoms with Crippen LogP contribution in [0.5, 0.6) is 0 Å². The third kappa shape index (κ3) is 5.38. The van der Waals surface area contributed by atoms with Crippen LogP contribution in [0.1, 0.15) is 40.0 Å². The summed E-state index contributed by atoms with van der Waals surface area (Å²) in [5.74, 6) is 0.954. The Morgan fingerprint density at radius 1 is 1.27 bits per heavy atom. The first-order chi connectivity index (χ1) is 15.8. The molecule has 2 aromatic rings. The van der Waals surface area contributed by atoms with Crippen LogP contribution >= 0.6 is 0 Å². The number of ether oxygens (including phenoxy) is 1. The standard InChI is InChI=1S/C20H34N8O4S/c1-4-16(13(3)29)23-20-24-18(17-19(25-20)27(5-2)12-21-17)22-14-6-8-28(10-14)33(30,31)26-15-7-9-32-11-15/h12-16,26,29H,4-11H2,1-3H3,(H2,22,23,24,25)/t13-,14+,15-,16+/m1/s1. The molecule has 0 unspecified atom stereocenters. The highest BCUT2D eigenvalue weighted by Crippen LogP contribution is 2.25. The van der Waals surface area contributed by atoms with Gasteiger partial charge < -0.3 is 25.0 Å². The Bertz CT molecular complexity index is 1050. The lowest BCUT2D eigenvalue weighted by atomic mass is 10.1. The number of aryl methyl sites for hydroxylation is 1. The van der Waals surface area contributed by atoms with E-state index in [1.165, 1.54) is 4.31 Å². The van der Waals surface area contributed by atoms with Crippen molar-refractivity contribution in [3.63, 3.8) is 0 Å². The fourth-order valence-corrected chi connectivity index (χ4v) is 5.72. The molecule has 0 amide bonds. The largest absolute Gasteiger partial charge is 0.391 e. The van der Waals surface area contributed by atoms with E-state index in [9.17, 15) is 13.5 Å². The molecule has 4 atom stereocenters. The third-order valence-corrected chi connectivity index (χ3v) is 7.86. The molecule has 0 saturated carbocycles. The van der Waals surface area contributed by atoms with Gasteiger partial charge in [0, 0.05) is 38.3 Å². The minimum Gasteiger partial charge on any atom is -0.391 e. The van der Waals surface area contributed by atoms with Gasteiger partial charge in [0.1, 0.15) is 0 Å². The monoisotopic (exact) mass is 482 g/mol. The highest BCUT2D eigenvalue weighted by Gasteiger charge is 2.34. The zero-order chi connectivity index (χ0) is 23.6. The molecule has 0 bridgehead atoms. The number of imidazole rings is 1. The topological polar surface area (TPSA) is 147 Å². The quantitative estimate of drug-likeness (QED) is 0.381. The van der Waals surface area contributed by atoms with Crippen LogP contribution in [0.2, 0.25) is 0 Å². The lowest BCUT2D eigenvalue weighted by Crippen LogP contribution is -2.45. The van der Waals surface area contributed by atoms with Gasteiger partial charge >= 0.3 is 0 Å². The first-order valence-electron chi connectivity index (χ1n) is 11.6. The third-order valence-electron chi connectivity index (χ3n) is 6.22. The molecule has 2 saturated heterocycles. The Kier molecular flexibility index (Phi) is 7.34. The molecule has 4 heterocycles. The van der Waals surface area contributed by atoms with E-state index in [-0.39, 0.29) is 18.1 Å². The summed E-state index contributed by atoms with van der Waals surface area (Å²) in [5, 5.41) is 16.6. The van der Waals surface area contributed by atoms with Gasteiger partial charge in [-0.3, -0.25) is 0 Å². The van der Waals surface area contributed by atoms with Crippen LogP contribution in [0.4, 0.5) is 11.8 Å². The molecule has 2 aliphatic rings. The summed E-state index contributed by atoms with van der Waals surface area (Å²) in [6, 6.07) is -0.473. The number of aliphatic hydroxyl groups is 1. The van der Waals surface area contributed by atoms with Crippen LogP contribution in [-0.2, 0) is 21.5 Å². The van der Waals surface area contributed by atoms with Crippen molar-refractivity contribution >= 4 is 33.1 Å². The van der Waals surface area contributed by atoms with Gasteiger partial charge in [-0.1, -0.05) is 6.92 Å². The molecule has 12 nitrogen and oxygen atoms in total. The molecule has 33 heavy (non-hydrogen) atoms. The van der Waals surface area contributed by atoms with E-state index in [4.69, 9.17) is 4.74 Å². The number of hydrogen-bond acceptors (Lipinski definition) is 9. The fraction of sp³-hybridized carbons (Fsp3) is 0.750. The molecule has 2 aromatic heterocycles. The SMILES string of the molecule is CC[C@H](Nc1nc(N[C@H]2CCN(S(=O)(=O)N[C@@H]3CCOC3)C2)c2ncn(CC)c2n1)[C@@H](C)O. The van der Waals surface area contributed by atoms with Crippen LogP contribution in [-0.4, -0.2) is 87.9 Å². The second-order valence-corrected chi connectivity index (χ2v) is 10.4. The Balaban J connectivity index is 1.52. The van der Waals surface area contributed by atoms with E-state index in [2.05, 4.69) is 30.3 Å². The maximum atomic E-state index is 12.8. The summed E-state index contributed by atoms with van der Waals surface area (Å²) >= 11 is 0. The van der Waals surface area contributed by atoms with Crippen LogP contribution in [0.25, 0.3) is 11.2 Å². The summed E-state index contributed by atoms with van der Waals surface area (Å²) in [7, 11) is -3.58. The normalized spacial score (nSPS) is 23.8. The molecule has 0 radical (unpaired) electrons. The Morgan fingerprint density at radius 2 is 2.09 bits per heavy atom. The molecule has 2 aliphatic heterocycles. The summed E-state index contributed by atoms with van der Waals surface area (Å²) in [6.45, 7) is 8.17. The van der Waals surface area contributed by atoms with E-state index < -0.39 is 16.3 Å². The van der Waals surface area contributed by atoms with Crippen molar-refractivity contribution in [1.29, 1.82) is 0 Å². The van der Waals surface area contributed by atoms with E-state index in [0.717, 1.165) is 0 Å². The lowest BCUT2D eigenvalue weighted by molar-refractivity contribution is 0.169. The number of aromatic nitrogens is 4.